The zero-order chi connectivity index (χ0) is 16.7. The third-order valence-electron chi connectivity index (χ3n) is 4.03. The zero-order valence-corrected chi connectivity index (χ0v) is 13.9. The van der Waals surface area contributed by atoms with Crippen LogP contribution < -0.4 is 5.56 Å². The summed E-state index contributed by atoms with van der Waals surface area (Å²) in [6.45, 7) is 5.69. The van der Waals surface area contributed by atoms with E-state index in [2.05, 4.69) is 9.97 Å². The second-order valence-corrected chi connectivity index (χ2v) is 6.60. The van der Waals surface area contributed by atoms with Gasteiger partial charge < -0.3 is 10.1 Å². The molecular weight excluding hydrogens is 312 g/mol. The maximum Gasteiger partial charge on any atom is 0.346 e. The van der Waals surface area contributed by atoms with Crippen LogP contribution in [0.2, 0.25) is 0 Å². The lowest BCUT2D eigenvalue weighted by Crippen LogP contribution is -2.12. The van der Waals surface area contributed by atoms with Gasteiger partial charge in [-0.2, -0.15) is 0 Å². The Balaban J connectivity index is 2.14. The molecule has 0 saturated heterocycles. The summed E-state index contributed by atoms with van der Waals surface area (Å²) in [5, 5.41) is 9.58. The number of nitrogens with zero attached hydrogens (tertiary/aromatic N) is 1. The topological polar surface area (TPSA) is 83.0 Å². The monoisotopic (exact) mass is 328 g/mol. The van der Waals surface area contributed by atoms with Crippen LogP contribution in [0.4, 0.5) is 0 Å². The minimum Gasteiger partial charge on any atom is -0.477 e. The number of benzene rings is 1. The molecular formula is C17H16N2O3S. The first-order chi connectivity index (χ1) is 10.9. The summed E-state index contributed by atoms with van der Waals surface area (Å²) < 4.78 is 0. The van der Waals surface area contributed by atoms with Gasteiger partial charge in [-0.05, 0) is 43.0 Å². The summed E-state index contributed by atoms with van der Waals surface area (Å²) in [6, 6.07) is 6.04. The van der Waals surface area contributed by atoms with Gasteiger partial charge in [0.1, 0.15) is 15.5 Å². The third-order valence-corrected chi connectivity index (χ3v) is 5.21. The van der Waals surface area contributed by atoms with Crippen molar-refractivity contribution in [3.8, 4) is 0 Å². The largest absolute Gasteiger partial charge is 0.477 e. The number of aromatic amines is 1. The molecule has 2 N–H and O–H groups in total. The van der Waals surface area contributed by atoms with Crippen LogP contribution in [-0.2, 0) is 6.42 Å². The molecule has 0 bridgehead atoms. The summed E-state index contributed by atoms with van der Waals surface area (Å²) >= 11 is 1.05. The number of aryl methyl sites for hydroxylation is 3. The molecule has 23 heavy (non-hydrogen) atoms. The fraction of sp³-hybridized carbons (Fsp3) is 0.235. The van der Waals surface area contributed by atoms with Crippen molar-refractivity contribution in [2.75, 3.05) is 0 Å². The van der Waals surface area contributed by atoms with Crippen molar-refractivity contribution < 1.29 is 9.90 Å². The summed E-state index contributed by atoms with van der Waals surface area (Å²) in [7, 11) is 0. The Hall–Kier alpha value is -2.47. The van der Waals surface area contributed by atoms with Crippen molar-refractivity contribution in [2.24, 2.45) is 0 Å². The minimum absolute atomic E-state index is 0.169. The highest BCUT2D eigenvalue weighted by Crippen LogP contribution is 2.27. The predicted molar refractivity (Wildman–Crippen MR) is 90.7 cm³/mol. The number of hydrogen-bond acceptors (Lipinski definition) is 4. The molecule has 0 saturated carbocycles. The quantitative estimate of drug-likeness (QED) is 0.773. The number of carboxylic acid groups (broad SMARTS) is 1. The average molecular weight is 328 g/mol. The lowest BCUT2D eigenvalue weighted by atomic mass is 10.00. The fourth-order valence-corrected chi connectivity index (χ4v) is 3.81. The maximum absolute atomic E-state index is 12.3. The van der Waals surface area contributed by atoms with Crippen LogP contribution in [0, 0.1) is 20.8 Å². The SMILES string of the molecule is Cc1cccc(C)c1Cc1nc2sc(C(=O)O)c(C)c2c(=O)[nH]1. The number of carboxylic acids is 1. The van der Waals surface area contributed by atoms with E-state index in [4.69, 9.17) is 0 Å². The number of fused-ring (bicyclic) bond motifs is 1. The van der Waals surface area contributed by atoms with E-state index in [1.807, 2.05) is 32.0 Å². The third kappa shape index (κ3) is 2.66. The molecule has 2 aromatic heterocycles. The molecule has 0 fully saturated rings. The molecule has 2 heterocycles. The number of aromatic nitrogens is 2. The Kier molecular flexibility index (Phi) is 3.77. The molecule has 0 aliphatic heterocycles. The molecule has 3 aromatic rings. The second kappa shape index (κ2) is 5.62. The Labute approximate surface area is 136 Å². The van der Waals surface area contributed by atoms with Gasteiger partial charge in [0.05, 0.1) is 5.39 Å². The predicted octanol–water partition coefficient (Wildman–Crippen LogP) is 3.20. The summed E-state index contributed by atoms with van der Waals surface area (Å²) in [5.74, 6) is -0.473. The number of rotatable bonds is 3. The second-order valence-electron chi connectivity index (χ2n) is 5.60. The van der Waals surface area contributed by atoms with E-state index < -0.39 is 5.97 Å². The van der Waals surface area contributed by atoms with Gasteiger partial charge in [0.25, 0.3) is 5.56 Å². The van der Waals surface area contributed by atoms with Crippen molar-refractivity contribution in [2.45, 2.75) is 27.2 Å². The highest BCUT2D eigenvalue weighted by Gasteiger charge is 2.18. The van der Waals surface area contributed by atoms with Gasteiger partial charge in [-0.15, -0.1) is 11.3 Å². The fourth-order valence-electron chi connectivity index (χ4n) is 2.77. The van der Waals surface area contributed by atoms with Crippen LogP contribution in [0.3, 0.4) is 0 Å². The van der Waals surface area contributed by atoms with Gasteiger partial charge in [0.2, 0.25) is 0 Å². The van der Waals surface area contributed by atoms with Crippen LogP contribution in [0.25, 0.3) is 10.2 Å². The molecule has 118 valence electrons. The van der Waals surface area contributed by atoms with E-state index in [0.29, 0.717) is 28.0 Å². The number of thiophene rings is 1. The summed E-state index contributed by atoms with van der Waals surface area (Å²) in [6.07, 6.45) is 0.517. The molecule has 0 spiro atoms. The van der Waals surface area contributed by atoms with Crippen molar-refractivity contribution in [3.63, 3.8) is 0 Å². The van der Waals surface area contributed by atoms with Crippen molar-refractivity contribution in [3.05, 3.63) is 61.5 Å². The smallest absolute Gasteiger partial charge is 0.346 e. The standard InChI is InChI=1S/C17H16N2O3S/c1-8-5-4-6-9(2)11(8)7-12-18-15(20)13-10(3)14(17(21)22)23-16(13)19-12/h4-6H,7H2,1-3H3,(H,21,22)(H,18,19,20). The average Bonchev–Trinajstić information content (AvgIpc) is 2.81. The van der Waals surface area contributed by atoms with Crippen molar-refractivity contribution in [1.82, 2.24) is 9.97 Å². The first kappa shape index (κ1) is 15.4. The first-order valence-electron chi connectivity index (χ1n) is 7.19. The van der Waals surface area contributed by atoms with E-state index in [1.165, 1.54) is 0 Å². The lowest BCUT2D eigenvalue weighted by molar-refractivity contribution is 0.0701. The van der Waals surface area contributed by atoms with Crippen LogP contribution in [0.5, 0.6) is 0 Å². The Morgan fingerprint density at radius 3 is 2.52 bits per heavy atom. The molecule has 0 amide bonds. The molecule has 6 heteroatoms. The molecule has 0 unspecified atom stereocenters. The van der Waals surface area contributed by atoms with Crippen molar-refractivity contribution in [1.29, 1.82) is 0 Å². The first-order valence-corrected chi connectivity index (χ1v) is 8.00. The van der Waals surface area contributed by atoms with Crippen LogP contribution in [0.1, 0.15) is 37.7 Å². The van der Waals surface area contributed by atoms with Gasteiger partial charge in [0.15, 0.2) is 0 Å². The van der Waals surface area contributed by atoms with Crippen LogP contribution >= 0.6 is 11.3 Å². The molecule has 3 rings (SSSR count). The molecule has 5 nitrogen and oxygen atoms in total. The Bertz CT molecular complexity index is 965. The van der Waals surface area contributed by atoms with E-state index >= 15 is 0 Å². The normalized spacial score (nSPS) is 11.1. The van der Waals surface area contributed by atoms with Gasteiger partial charge in [0, 0.05) is 6.42 Å². The Morgan fingerprint density at radius 1 is 1.26 bits per heavy atom. The van der Waals surface area contributed by atoms with Gasteiger partial charge >= 0.3 is 5.97 Å². The van der Waals surface area contributed by atoms with E-state index in [0.717, 1.165) is 28.0 Å². The van der Waals surface area contributed by atoms with Gasteiger partial charge in [-0.1, -0.05) is 18.2 Å². The zero-order valence-electron chi connectivity index (χ0n) is 13.1. The number of aromatic carboxylic acids is 1. The van der Waals surface area contributed by atoms with E-state index in [1.54, 1.807) is 6.92 Å². The maximum atomic E-state index is 12.3. The molecule has 0 atom stereocenters. The van der Waals surface area contributed by atoms with Crippen molar-refractivity contribution >= 4 is 27.5 Å². The molecule has 0 aliphatic carbocycles. The minimum atomic E-state index is -1.03. The summed E-state index contributed by atoms with van der Waals surface area (Å²) in [4.78, 5) is 31.5. The van der Waals surface area contributed by atoms with E-state index in [9.17, 15) is 14.7 Å². The lowest BCUT2D eigenvalue weighted by Gasteiger charge is -2.09. The van der Waals surface area contributed by atoms with Crippen LogP contribution in [0.15, 0.2) is 23.0 Å². The summed E-state index contributed by atoms with van der Waals surface area (Å²) in [5.41, 5.74) is 3.60. The number of hydrogen-bond donors (Lipinski definition) is 2. The van der Waals surface area contributed by atoms with Crippen LogP contribution in [-0.4, -0.2) is 21.0 Å². The van der Waals surface area contributed by atoms with Gasteiger partial charge in [-0.3, -0.25) is 4.79 Å². The molecule has 0 aliphatic rings. The highest BCUT2D eigenvalue weighted by molar-refractivity contribution is 7.20. The molecule has 1 aromatic carbocycles. The molecule has 0 radical (unpaired) electrons. The number of carbonyl (C=O) groups is 1. The number of H-pyrrole nitrogens is 1. The van der Waals surface area contributed by atoms with Gasteiger partial charge in [-0.25, -0.2) is 9.78 Å². The van der Waals surface area contributed by atoms with E-state index in [-0.39, 0.29) is 10.4 Å². The highest BCUT2D eigenvalue weighted by atomic mass is 32.1. The number of nitrogens with one attached hydrogen (secondary N) is 1. The Morgan fingerprint density at radius 2 is 1.91 bits per heavy atom.